The van der Waals surface area contributed by atoms with Crippen LogP contribution in [0.25, 0.3) is 0 Å². The van der Waals surface area contributed by atoms with Crippen LogP contribution in [-0.2, 0) is 0 Å². The van der Waals surface area contributed by atoms with Gasteiger partial charge in [0.2, 0.25) is 0 Å². The van der Waals surface area contributed by atoms with E-state index in [0.29, 0.717) is 0 Å². The predicted molar refractivity (Wildman–Crippen MR) is 68.7 cm³/mol. The van der Waals surface area contributed by atoms with Gasteiger partial charge in [-0.25, -0.2) is 0 Å². The molecule has 0 bridgehead atoms. The Bertz CT molecular complexity index is 365. The zero-order valence-corrected chi connectivity index (χ0v) is 11.6. The zero-order valence-electron chi connectivity index (χ0n) is 11.6. The first-order valence-corrected chi connectivity index (χ1v) is 5.90. The van der Waals surface area contributed by atoms with Crippen molar-refractivity contribution in [3.63, 3.8) is 0 Å². The van der Waals surface area contributed by atoms with E-state index >= 15 is 0 Å². The van der Waals surface area contributed by atoms with Crippen LogP contribution in [0.4, 0.5) is 0 Å². The first-order valence-electron chi connectivity index (χ1n) is 5.90. The maximum absolute atomic E-state index is 5.70. The molecule has 1 aromatic rings. The molecule has 1 aromatic heterocycles. The Kier molecular flexibility index (Phi) is 4.16. The van der Waals surface area contributed by atoms with Gasteiger partial charge in [0.1, 0.15) is 0 Å². The average molecular weight is 240 g/mol. The van der Waals surface area contributed by atoms with E-state index in [1.54, 1.807) is 13.3 Å². The molecule has 0 saturated heterocycles. The van der Waals surface area contributed by atoms with Gasteiger partial charge in [-0.1, -0.05) is 20.8 Å². The van der Waals surface area contributed by atoms with E-state index in [-0.39, 0.29) is 17.5 Å². The summed E-state index contributed by atoms with van der Waals surface area (Å²) in [6, 6.07) is 0.259. The SMILES string of the molecule is COc1cnn(C(C)C)c1C(NN)C(C)(C)C. The quantitative estimate of drug-likeness (QED) is 0.624. The van der Waals surface area contributed by atoms with Crippen molar-refractivity contribution in [3.8, 4) is 5.75 Å². The molecule has 1 atom stereocenters. The van der Waals surface area contributed by atoms with E-state index < -0.39 is 0 Å². The van der Waals surface area contributed by atoms with E-state index in [1.165, 1.54) is 0 Å². The summed E-state index contributed by atoms with van der Waals surface area (Å²) in [6.07, 6.45) is 1.74. The summed E-state index contributed by atoms with van der Waals surface area (Å²) < 4.78 is 7.33. The Morgan fingerprint density at radius 3 is 2.35 bits per heavy atom. The number of hydrogen-bond acceptors (Lipinski definition) is 4. The van der Waals surface area contributed by atoms with Gasteiger partial charge in [-0.05, 0) is 19.3 Å². The van der Waals surface area contributed by atoms with Gasteiger partial charge in [0.15, 0.2) is 5.75 Å². The molecule has 3 N–H and O–H groups in total. The fourth-order valence-corrected chi connectivity index (χ4v) is 1.94. The Labute approximate surface area is 103 Å². The lowest BCUT2D eigenvalue weighted by Crippen LogP contribution is -2.38. The zero-order chi connectivity index (χ0) is 13.2. The second-order valence-electron chi connectivity index (χ2n) is 5.60. The number of nitrogens with one attached hydrogen (secondary N) is 1. The average Bonchev–Trinajstić information content (AvgIpc) is 2.60. The summed E-state index contributed by atoms with van der Waals surface area (Å²) in [5.74, 6) is 6.47. The van der Waals surface area contributed by atoms with E-state index in [4.69, 9.17) is 10.6 Å². The smallest absolute Gasteiger partial charge is 0.161 e. The lowest BCUT2D eigenvalue weighted by molar-refractivity contribution is 0.249. The molecule has 17 heavy (non-hydrogen) atoms. The molecule has 1 rings (SSSR count). The molecule has 1 heterocycles. The predicted octanol–water partition coefficient (Wildman–Crippen LogP) is 2.02. The Morgan fingerprint density at radius 2 is 2.00 bits per heavy atom. The summed E-state index contributed by atoms with van der Waals surface area (Å²) in [5.41, 5.74) is 3.85. The number of hydrogen-bond donors (Lipinski definition) is 2. The molecule has 5 nitrogen and oxygen atoms in total. The van der Waals surface area contributed by atoms with Gasteiger partial charge in [-0.2, -0.15) is 5.10 Å². The van der Waals surface area contributed by atoms with Crippen molar-refractivity contribution in [3.05, 3.63) is 11.9 Å². The molecular formula is C12H24N4O. The number of nitrogens with two attached hydrogens (primary N) is 1. The third-order valence-electron chi connectivity index (χ3n) is 2.81. The Morgan fingerprint density at radius 1 is 1.41 bits per heavy atom. The van der Waals surface area contributed by atoms with Crippen LogP contribution in [0.3, 0.4) is 0 Å². The minimum atomic E-state index is -0.0191. The van der Waals surface area contributed by atoms with Gasteiger partial charge in [0.05, 0.1) is 25.0 Å². The van der Waals surface area contributed by atoms with Crippen molar-refractivity contribution >= 4 is 0 Å². The molecular weight excluding hydrogens is 216 g/mol. The van der Waals surface area contributed by atoms with Gasteiger partial charge in [0.25, 0.3) is 0 Å². The lowest BCUT2D eigenvalue weighted by atomic mass is 9.85. The molecule has 0 aliphatic heterocycles. The number of nitrogens with zero attached hydrogens (tertiary/aromatic N) is 2. The third-order valence-corrected chi connectivity index (χ3v) is 2.81. The standard InChI is InChI=1S/C12H24N4O/c1-8(2)16-10(9(17-6)7-14-16)11(15-13)12(3,4)5/h7-8,11,15H,13H2,1-6H3. The molecule has 1 unspecified atom stereocenters. The van der Waals surface area contributed by atoms with E-state index in [2.05, 4.69) is 45.1 Å². The van der Waals surface area contributed by atoms with E-state index in [1.807, 2.05) is 4.68 Å². The highest BCUT2D eigenvalue weighted by Gasteiger charge is 2.31. The summed E-state index contributed by atoms with van der Waals surface area (Å²) >= 11 is 0. The highest BCUT2D eigenvalue weighted by atomic mass is 16.5. The summed E-state index contributed by atoms with van der Waals surface area (Å²) in [6.45, 7) is 10.6. The number of rotatable bonds is 4. The highest BCUT2D eigenvalue weighted by molar-refractivity contribution is 5.30. The maximum Gasteiger partial charge on any atom is 0.161 e. The third kappa shape index (κ3) is 2.79. The molecule has 0 aromatic carbocycles. The van der Waals surface area contributed by atoms with Crippen molar-refractivity contribution in [2.45, 2.75) is 46.7 Å². The van der Waals surface area contributed by atoms with Gasteiger partial charge < -0.3 is 4.74 Å². The molecule has 0 aliphatic rings. The van der Waals surface area contributed by atoms with Crippen molar-refractivity contribution in [1.29, 1.82) is 0 Å². The molecule has 0 amide bonds. The first-order chi connectivity index (χ1) is 7.82. The first kappa shape index (κ1) is 14.0. The minimum Gasteiger partial charge on any atom is -0.493 e. The Hall–Kier alpha value is -1.07. The van der Waals surface area contributed by atoms with Gasteiger partial charge in [-0.3, -0.25) is 16.0 Å². The van der Waals surface area contributed by atoms with Crippen LogP contribution < -0.4 is 16.0 Å². The van der Waals surface area contributed by atoms with Crippen molar-refractivity contribution in [2.75, 3.05) is 7.11 Å². The van der Waals surface area contributed by atoms with Crippen molar-refractivity contribution in [1.82, 2.24) is 15.2 Å². The van der Waals surface area contributed by atoms with Crippen molar-refractivity contribution in [2.24, 2.45) is 11.3 Å². The lowest BCUT2D eigenvalue weighted by Gasteiger charge is -2.31. The minimum absolute atomic E-state index is 0.0117. The van der Waals surface area contributed by atoms with Crippen LogP contribution in [0.1, 0.15) is 52.4 Å². The van der Waals surface area contributed by atoms with Crippen LogP contribution in [0.15, 0.2) is 6.20 Å². The maximum atomic E-state index is 5.70. The summed E-state index contributed by atoms with van der Waals surface area (Å²) in [7, 11) is 1.65. The van der Waals surface area contributed by atoms with Crippen LogP contribution in [-0.4, -0.2) is 16.9 Å². The van der Waals surface area contributed by atoms with E-state index in [0.717, 1.165) is 11.4 Å². The summed E-state index contributed by atoms with van der Waals surface area (Å²) in [4.78, 5) is 0. The number of aromatic nitrogens is 2. The monoisotopic (exact) mass is 240 g/mol. The Balaban J connectivity index is 3.29. The number of ether oxygens (including phenoxy) is 1. The number of hydrazine groups is 1. The molecule has 0 fully saturated rings. The molecule has 5 heteroatoms. The number of methoxy groups -OCH3 is 1. The van der Waals surface area contributed by atoms with Crippen LogP contribution in [0, 0.1) is 5.41 Å². The second kappa shape index (κ2) is 5.06. The van der Waals surface area contributed by atoms with Gasteiger partial charge in [-0.15, -0.1) is 0 Å². The van der Waals surface area contributed by atoms with Crippen LogP contribution in [0.2, 0.25) is 0 Å². The second-order valence-corrected chi connectivity index (χ2v) is 5.60. The van der Waals surface area contributed by atoms with Gasteiger partial charge >= 0.3 is 0 Å². The summed E-state index contributed by atoms with van der Waals surface area (Å²) in [5, 5.41) is 4.36. The molecule has 0 spiro atoms. The van der Waals surface area contributed by atoms with Crippen LogP contribution >= 0.6 is 0 Å². The van der Waals surface area contributed by atoms with Crippen molar-refractivity contribution < 1.29 is 4.74 Å². The molecule has 0 radical (unpaired) electrons. The fraction of sp³-hybridized carbons (Fsp3) is 0.750. The highest BCUT2D eigenvalue weighted by Crippen LogP contribution is 2.37. The fourth-order valence-electron chi connectivity index (χ4n) is 1.94. The molecule has 98 valence electrons. The van der Waals surface area contributed by atoms with Gasteiger partial charge in [0, 0.05) is 6.04 Å². The normalized spacial score (nSPS) is 14.1. The molecule has 0 aliphatic carbocycles. The topological polar surface area (TPSA) is 65.1 Å². The van der Waals surface area contributed by atoms with E-state index in [9.17, 15) is 0 Å². The molecule has 0 saturated carbocycles. The van der Waals surface area contributed by atoms with Crippen LogP contribution in [0.5, 0.6) is 5.75 Å². The largest absolute Gasteiger partial charge is 0.493 e.